The molecule has 11 heavy (non-hydrogen) atoms. The highest BCUT2D eigenvalue weighted by Gasteiger charge is 2.13. The van der Waals surface area contributed by atoms with Crippen molar-refractivity contribution in [2.24, 2.45) is 0 Å². The molecule has 0 aromatic heterocycles. The maximum Gasteiger partial charge on any atom is 0.231 e. The van der Waals surface area contributed by atoms with Crippen molar-refractivity contribution in [2.45, 2.75) is 13.8 Å². The smallest absolute Gasteiger partial charge is 0.231 e. The predicted molar refractivity (Wildman–Crippen MR) is 43.7 cm³/mol. The lowest BCUT2D eigenvalue weighted by atomic mass is 10.3. The van der Waals surface area contributed by atoms with Crippen molar-refractivity contribution in [3.05, 3.63) is 35.8 Å². The van der Waals surface area contributed by atoms with Crippen molar-refractivity contribution in [3.63, 3.8) is 0 Å². The van der Waals surface area contributed by atoms with Crippen LogP contribution in [0.2, 0.25) is 0 Å². The standard InChI is InChI=1S/C9H12O2/c1-3-5-6-9-8(4-2)10-7-11-9/h3-6H,7H2,1-2H3/b5-3-,8-4+,9-6+. The maximum absolute atomic E-state index is 5.18. The zero-order chi connectivity index (χ0) is 8.10. The van der Waals surface area contributed by atoms with Gasteiger partial charge in [-0.3, -0.25) is 0 Å². The molecule has 0 aromatic carbocycles. The highest BCUT2D eigenvalue weighted by atomic mass is 16.7. The molecule has 2 heteroatoms. The first-order chi connectivity index (χ1) is 5.38. The topological polar surface area (TPSA) is 18.5 Å². The lowest BCUT2D eigenvalue weighted by molar-refractivity contribution is 0.0976. The lowest BCUT2D eigenvalue weighted by Crippen LogP contribution is -1.79. The molecule has 1 fully saturated rings. The quantitative estimate of drug-likeness (QED) is 0.574. The largest absolute Gasteiger partial charge is 0.454 e. The van der Waals surface area contributed by atoms with Crippen molar-refractivity contribution in [2.75, 3.05) is 6.79 Å². The molecule has 1 rings (SSSR count). The molecule has 1 saturated heterocycles. The maximum atomic E-state index is 5.18. The fourth-order valence-electron chi connectivity index (χ4n) is 0.838. The van der Waals surface area contributed by atoms with Gasteiger partial charge < -0.3 is 9.47 Å². The van der Waals surface area contributed by atoms with E-state index < -0.39 is 0 Å². The first kappa shape index (κ1) is 7.92. The van der Waals surface area contributed by atoms with Crippen molar-refractivity contribution < 1.29 is 9.47 Å². The van der Waals surface area contributed by atoms with Crippen LogP contribution in [0.3, 0.4) is 0 Å². The van der Waals surface area contributed by atoms with Crippen molar-refractivity contribution in [1.82, 2.24) is 0 Å². The van der Waals surface area contributed by atoms with Crippen molar-refractivity contribution in [3.8, 4) is 0 Å². The van der Waals surface area contributed by atoms with Crippen LogP contribution in [0.5, 0.6) is 0 Å². The first-order valence-corrected chi connectivity index (χ1v) is 3.63. The molecule has 0 N–H and O–H groups in total. The van der Waals surface area contributed by atoms with Crippen LogP contribution in [-0.4, -0.2) is 6.79 Å². The fourth-order valence-corrected chi connectivity index (χ4v) is 0.838. The summed E-state index contributed by atoms with van der Waals surface area (Å²) in [5.74, 6) is 1.63. The molecular formula is C9H12O2. The third-order valence-electron chi connectivity index (χ3n) is 1.37. The molecule has 1 heterocycles. The van der Waals surface area contributed by atoms with Crippen LogP contribution in [-0.2, 0) is 9.47 Å². The van der Waals surface area contributed by atoms with Crippen LogP contribution in [0.25, 0.3) is 0 Å². The van der Waals surface area contributed by atoms with Crippen LogP contribution < -0.4 is 0 Å². The van der Waals surface area contributed by atoms with Gasteiger partial charge in [-0.25, -0.2) is 0 Å². The SMILES string of the molecule is C\C=C/C=C1/OCO/C1=C/C. The average molecular weight is 152 g/mol. The van der Waals surface area contributed by atoms with Gasteiger partial charge in [0.1, 0.15) is 0 Å². The monoisotopic (exact) mass is 152 g/mol. The fraction of sp³-hybridized carbons (Fsp3) is 0.333. The molecule has 0 bridgehead atoms. The van der Waals surface area contributed by atoms with Gasteiger partial charge in [-0.2, -0.15) is 0 Å². The Bertz CT molecular complexity index is 212. The summed E-state index contributed by atoms with van der Waals surface area (Å²) in [6, 6.07) is 0. The molecule has 60 valence electrons. The van der Waals surface area contributed by atoms with Crippen LogP contribution in [0.15, 0.2) is 35.8 Å². The van der Waals surface area contributed by atoms with Gasteiger partial charge in [-0.1, -0.05) is 12.2 Å². The van der Waals surface area contributed by atoms with Gasteiger partial charge in [0.2, 0.25) is 6.79 Å². The zero-order valence-electron chi connectivity index (χ0n) is 6.83. The highest BCUT2D eigenvalue weighted by molar-refractivity contribution is 5.25. The minimum atomic E-state index is 0.336. The molecular weight excluding hydrogens is 140 g/mol. The summed E-state index contributed by atoms with van der Waals surface area (Å²) in [5.41, 5.74) is 0. The molecule has 0 saturated carbocycles. The zero-order valence-corrected chi connectivity index (χ0v) is 6.83. The molecule has 1 aliphatic heterocycles. The van der Waals surface area contributed by atoms with Crippen LogP contribution in [0.1, 0.15) is 13.8 Å². The van der Waals surface area contributed by atoms with E-state index in [0.29, 0.717) is 6.79 Å². The molecule has 0 aliphatic carbocycles. The second-order valence-corrected chi connectivity index (χ2v) is 2.12. The van der Waals surface area contributed by atoms with Gasteiger partial charge in [-0.15, -0.1) is 0 Å². The van der Waals surface area contributed by atoms with E-state index in [1.807, 2.05) is 38.2 Å². The predicted octanol–water partition coefficient (Wildman–Crippen LogP) is 2.35. The Hall–Kier alpha value is -1.18. The van der Waals surface area contributed by atoms with Crippen LogP contribution in [0, 0.1) is 0 Å². The van der Waals surface area contributed by atoms with Crippen LogP contribution >= 0.6 is 0 Å². The number of hydrogen-bond donors (Lipinski definition) is 0. The molecule has 0 unspecified atom stereocenters. The van der Waals surface area contributed by atoms with E-state index in [1.165, 1.54) is 0 Å². The normalized spacial score (nSPS) is 24.5. The Morgan fingerprint density at radius 3 is 2.55 bits per heavy atom. The third kappa shape index (κ3) is 1.87. The molecule has 0 amide bonds. The highest BCUT2D eigenvalue weighted by Crippen LogP contribution is 2.20. The molecule has 0 atom stereocenters. The van der Waals surface area contributed by atoms with Crippen molar-refractivity contribution in [1.29, 1.82) is 0 Å². The lowest BCUT2D eigenvalue weighted by Gasteiger charge is -1.91. The Morgan fingerprint density at radius 2 is 1.91 bits per heavy atom. The van der Waals surface area contributed by atoms with E-state index in [2.05, 4.69) is 0 Å². The summed E-state index contributed by atoms with van der Waals surface area (Å²) in [5, 5.41) is 0. The van der Waals surface area contributed by atoms with E-state index in [9.17, 15) is 0 Å². The average Bonchev–Trinajstić information content (AvgIpc) is 2.47. The van der Waals surface area contributed by atoms with Gasteiger partial charge in [0.25, 0.3) is 0 Å². The molecule has 0 radical (unpaired) electrons. The van der Waals surface area contributed by atoms with E-state index in [-0.39, 0.29) is 0 Å². The van der Waals surface area contributed by atoms with Gasteiger partial charge in [-0.05, 0) is 26.0 Å². The van der Waals surface area contributed by atoms with Gasteiger partial charge in [0.05, 0.1) is 0 Å². The second-order valence-electron chi connectivity index (χ2n) is 2.12. The van der Waals surface area contributed by atoms with E-state index >= 15 is 0 Å². The summed E-state index contributed by atoms with van der Waals surface area (Å²) < 4.78 is 10.3. The Balaban J connectivity index is 2.71. The Labute approximate surface area is 66.8 Å². The van der Waals surface area contributed by atoms with Crippen molar-refractivity contribution >= 4 is 0 Å². The first-order valence-electron chi connectivity index (χ1n) is 3.63. The summed E-state index contributed by atoms with van der Waals surface area (Å²) in [7, 11) is 0. The van der Waals surface area contributed by atoms with Gasteiger partial charge in [0, 0.05) is 0 Å². The minimum absolute atomic E-state index is 0.336. The molecule has 0 aromatic rings. The summed E-state index contributed by atoms with van der Waals surface area (Å²) in [6.07, 6.45) is 7.65. The minimum Gasteiger partial charge on any atom is -0.454 e. The van der Waals surface area contributed by atoms with E-state index in [1.54, 1.807) is 0 Å². The van der Waals surface area contributed by atoms with Gasteiger partial charge >= 0.3 is 0 Å². The number of hydrogen-bond acceptors (Lipinski definition) is 2. The molecule has 2 nitrogen and oxygen atoms in total. The third-order valence-corrected chi connectivity index (χ3v) is 1.37. The Kier molecular flexibility index (Phi) is 2.78. The molecule has 1 aliphatic rings. The van der Waals surface area contributed by atoms with E-state index in [4.69, 9.17) is 9.47 Å². The molecule has 0 spiro atoms. The Morgan fingerprint density at radius 1 is 1.18 bits per heavy atom. The number of rotatable bonds is 1. The van der Waals surface area contributed by atoms with E-state index in [0.717, 1.165) is 11.5 Å². The number of ether oxygens (including phenoxy) is 2. The second kappa shape index (κ2) is 3.86. The van der Waals surface area contributed by atoms with Crippen LogP contribution in [0.4, 0.5) is 0 Å². The summed E-state index contributed by atoms with van der Waals surface area (Å²) in [6.45, 7) is 4.22. The van der Waals surface area contributed by atoms with Gasteiger partial charge in [0.15, 0.2) is 11.5 Å². The number of allylic oxidation sites excluding steroid dienone is 4. The summed E-state index contributed by atoms with van der Waals surface area (Å²) in [4.78, 5) is 0. The summed E-state index contributed by atoms with van der Waals surface area (Å²) >= 11 is 0.